The van der Waals surface area contributed by atoms with E-state index in [2.05, 4.69) is 32.8 Å². The van der Waals surface area contributed by atoms with E-state index in [4.69, 9.17) is 11.6 Å². The number of hydrogen-bond donors (Lipinski definition) is 3. The minimum absolute atomic E-state index is 0.0909. The van der Waals surface area contributed by atoms with E-state index in [9.17, 15) is 4.79 Å². The highest BCUT2D eigenvalue weighted by molar-refractivity contribution is 6.30. The molecule has 0 atom stereocenters. The maximum Gasteiger partial charge on any atom is 0.229 e. The van der Waals surface area contributed by atoms with Crippen LogP contribution in [-0.2, 0) is 11.2 Å². The molecule has 1 heterocycles. The Labute approximate surface area is 198 Å². The second kappa shape index (κ2) is 10.1. The number of nitrogens with zero attached hydrogens (tertiary/aromatic N) is 2. The molecule has 0 unspecified atom stereocenters. The Morgan fingerprint density at radius 2 is 1.39 bits per heavy atom. The largest absolute Gasteiger partial charge is 0.340 e. The van der Waals surface area contributed by atoms with Gasteiger partial charge in [0.1, 0.15) is 5.82 Å². The molecule has 166 valence electrons. The Bertz CT molecular complexity index is 1240. The van der Waals surface area contributed by atoms with Crippen molar-refractivity contribution in [3.8, 4) is 0 Å². The molecule has 3 N–H and O–H groups in total. The molecule has 0 aliphatic rings. The maximum absolute atomic E-state index is 12.3. The number of halogens is 1. The first-order valence-corrected chi connectivity index (χ1v) is 10.9. The fraction of sp³-hybridized carbons (Fsp3) is 0.115. The number of carbonyl (C=O) groups is 1. The SMILES string of the molecule is Cc1ccc(Nc2cc(C)nc(Nc3ccc(NC(=O)Cc4ccc(Cl)cc4)cc3)n2)cc1. The molecule has 0 fully saturated rings. The normalized spacial score (nSPS) is 10.5. The van der Waals surface area contributed by atoms with Gasteiger partial charge in [-0.3, -0.25) is 4.79 Å². The average Bonchev–Trinajstić information content (AvgIpc) is 2.78. The van der Waals surface area contributed by atoms with E-state index < -0.39 is 0 Å². The van der Waals surface area contributed by atoms with Crippen LogP contribution in [0.4, 0.5) is 28.8 Å². The summed E-state index contributed by atoms with van der Waals surface area (Å²) >= 11 is 5.89. The van der Waals surface area contributed by atoms with E-state index in [1.165, 1.54) is 5.56 Å². The van der Waals surface area contributed by atoms with Gasteiger partial charge in [-0.15, -0.1) is 0 Å². The molecule has 33 heavy (non-hydrogen) atoms. The molecule has 4 aromatic rings. The quantitative estimate of drug-likeness (QED) is 0.298. The number of rotatable bonds is 7. The molecule has 4 rings (SSSR count). The molecule has 0 spiro atoms. The minimum Gasteiger partial charge on any atom is -0.340 e. The first kappa shape index (κ1) is 22.3. The lowest BCUT2D eigenvalue weighted by atomic mass is 10.1. The van der Waals surface area contributed by atoms with Crippen molar-refractivity contribution < 1.29 is 4.79 Å². The lowest BCUT2D eigenvalue weighted by molar-refractivity contribution is -0.115. The molecule has 1 aromatic heterocycles. The van der Waals surface area contributed by atoms with Crippen molar-refractivity contribution in [2.75, 3.05) is 16.0 Å². The van der Waals surface area contributed by atoms with Crippen molar-refractivity contribution in [3.05, 3.63) is 101 Å². The monoisotopic (exact) mass is 457 g/mol. The minimum atomic E-state index is -0.0909. The van der Waals surface area contributed by atoms with E-state index in [0.29, 0.717) is 22.5 Å². The van der Waals surface area contributed by atoms with Crippen LogP contribution in [0.15, 0.2) is 78.9 Å². The zero-order chi connectivity index (χ0) is 23.2. The van der Waals surface area contributed by atoms with Crippen LogP contribution in [0.1, 0.15) is 16.8 Å². The zero-order valence-corrected chi connectivity index (χ0v) is 19.1. The lowest BCUT2D eigenvalue weighted by Crippen LogP contribution is -2.14. The molecule has 0 aliphatic carbocycles. The van der Waals surface area contributed by atoms with Gasteiger partial charge >= 0.3 is 0 Å². The van der Waals surface area contributed by atoms with E-state index >= 15 is 0 Å². The van der Waals surface area contributed by atoms with Gasteiger partial charge in [-0.1, -0.05) is 41.4 Å². The van der Waals surface area contributed by atoms with Crippen molar-refractivity contribution in [2.24, 2.45) is 0 Å². The number of amides is 1. The number of nitrogens with one attached hydrogen (secondary N) is 3. The molecule has 0 aliphatic heterocycles. The topological polar surface area (TPSA) is 78.9 Å². The number of aromatic nitrogens is 2. The van der Waals surface area contributed by atoms with Crippen LogP contribution in [-0.4, -0.2) is 15.9 Å². The first-order valence-electron chi connectivity index (χ1n) is 10.5. The predicted octanol–water partition coefficient (Wildman–Crippen LogP) is 6.42. The second-order valence-corrected chi connectivity index (χ2v) is 8.20. The summed E-state index contributed by atoms with van der Waals surface area (Å²) in [4.78, 5) is 21.3. The summed E-state index contributed by atoms with van der Waals surface area (Å²) in [6.45, 7) is 3.98. The van der Waals surface area contributed by atoms with Crippen molar-refractivity contribution in [1.82, 2.24) is 9.97 Å². The molecule has 0 saturated heterocycles. The number of hydrogen-bond acceptors (Lipinski definition) is 5. The molecule has 7 heteroatoms. The van der Waals surface area contributed by atoms with E-state index in [1.807, 2.05) is 73.7 Å². The standard InChI is InChI=1S/C26H24ClN5O/c1-17-3-9-21(10-4-17)29-24-15-18(2)28-26(32-24)31-23-13-11-22(12-14-23)30-25(33)16-19-5-7-20(27)8-6-19/h3-15H,16H2,1-2H3,(H,30,33)(H2,28,29,31,32). The molecule has 0 radical (unpaired) electrons. The molecular weight excluding hydrogens is 434 g/mol. The van der Waals surface area contributed by atoms with Crippen LogP contribution in [0.3, 0.4) is 0 Å². The third-order valence-electron chi connectivity index (χ3n) is 4.88. The molecular formula is C26H24ClN5O. The molecule has 0 saturated carbocycles. The maximum atomic E-state index is 12.3. The third-order valence-corrected chi connectivity index (χ3v) is 5.13. The molecule has 3 aromatic carbocycles. The summed E-state index contributed by atoms with van der Waals surface area (Å²) in [6.07, 6.45) is 0.283. The molecule has 1 amide bonds. The van der Waals surface area contributed by atoms with Crippen LogP contribution in [0, 0.1) is 13.8 Å². The summed E-state index contributed by atoms with van der Waals surface area (Å²) in [5, 5.41) is 10.1. The highest BCUT2D eigenvalue weighted by Crippen LogP contribution is 2.21. The van der Waals surface area contributed by atoms with Gasteiger partial charge in [0, 0.05) is 33.8 Å². The van der Waals surface area contributed by atoms with Crippen LogP contribution in [0.5, 0.6) is 0 Å². The third kappa shape index (κ3) is 6.54. The van der Waals surface area contributed by atoms with Crippen LogP contribution in [0.25, 0.3) is 0 Å². The summed E-state index contributed by atoms with van der Waals surface area (Å²) in [6, 6.07) is 24.7. The van der Waals surface area contributed by atoms with Gasteiger partial charge in [-0.25, -0.2) is 4.98 Å². The fourth-order valence-corrected chi connectivity index (χ4v) is 3.36. The van der Waals surface area contributed by atoms with Gasteiger partial charge in [0.2, 0.25) is 11.9 Å². The first-order chi connectivity index (χ1) is 15.9. The lowest BCUT2D eigenvalue weighted by Gasteiger charge is -2.11. The van der Waals surface area contributed by atoms with Crippen molar-refractivity contribution in [2.45, 2.75) is 20.3 Å². The number of anilines is 5. The predicted molar refractivity (Wildman–Crippen MR) is 135 cm³/mol. The molecule has 6 nitrogen and oxygen atoms in total. The van der Waals surface area contributed by atoms with Crippen LogP contribution < -0.4 is 16.0 Å². The van der Waals surface area contributed by atoms with Gasteiger partial charge in [0.15, 0.2) is 0 Å². The van der Waals surface area contributed by atoms with E-state index in [0.717, 1.165) is 22.6 Å². The van der Waals surface area contributed by atoms with Crippen LogP contribution >= 0.6 is 11.6 Å². The summed E-state index contributed by atoms with van der Waals surface area (Å²) in [7, 11) is 0. The van der Waals surface area contributed by atoms with Crippen molar-refractivity contribution >= 4 is 46.3 Å². The fourth-order valence-electron chi connectivity index (χ4n) is 3.23. The van der Waals surface area contributed by atoms with Crippen molar-refractivity contribution in [1.29, 1.82) is 0 Å². The summed E-state index contributed by atoms with van der Waals surface area (Å²) in [5.74, 6) is 1.11. The zero-order valence-electron chi connectivity index (χ0n) is 18.4. The van der Waals surface area contributed by atoms with Gasteiger partial charge in [0.25, 0.3) is 0 Å². The Balaban J connectivity index is 1.38. The second-order valence-electron chi connectivity index (χ2n) is 7.76. The Hall–Kier alpha value is -3.90. The average molecular weight is 458 g/mol. The van der Waals surface area contributed by atoms with E-state index in [1.54, 1.807) is 12.1 Å². The Kier molecular flexibility index (Phi) is 6.86. The van der Waals surface area contributed by atoms with Gasteiger partial charge in [-0.2, -0.15) is 4.98 Å². The van der Waals surface area contributed by atoms with Gasteiger partial charge < -0.3 is 16.0 Å². The highest BCUT2D eigenvalue weighted by Gasteiger charge is 2.06. The summed E-state index contributed by atoms with van der Waals surface area (Å²) in [5.41, 5.74) is 5.44. The molecule has 0 bridgehead atoms. The van der Waals surface area contributed by atoms with Crippen molar-refractivity contribution in [3.63, 3.8) is 0 Å². The van der Waals surface area contributed by atoms with Gasteiger partial charge in [-0.05, 0) is 67.9 Å². The number of aryl methyl sites for hydroxylation is 2. The van der Waals surface area contributed by atoms with Gasteiger partial charge in [0.05, 0.1) is 6.42 Å². The summed E-state index contributed by atoms with van der Waals surface area (Å²) < 4.78 is 0. The van der Waals surface area contributed by atoms with Crippen LogP contribution in [0.2, 0.25) is 5.02 Å². The number of carbonyl (C=O) groups excluding carboxylic acids is 1. The number of benzene rings is 3. The van der Waals surface area contributed by atoms with E-state index in [-0.39, 0.29) is 12.3 Å². The Morgan fingerprint density at radius 3 is 2.09 bits per heavy atom. The highest BCUT2D eigenvalue weighted by atomic mass is 35.5. The smallest absolute Gasteiger partial charge is 0.229 e. The Morgan fingerprint density at radius 1 is 0.788 bits per heavy atom.